The lowest BCUT2D eigenvalue weighted by Gasteiger charge is -2.22. The Kier molecular flexibility index (Phi) is 3.77. The van der Waals surface area contributed by atoms with Gasteiger partial charge in [-0.1, -0.05) is 0 Å². The van der Waals surface area contributed by atoms with Gasteiger partial charge in [0.15, 0.2) is 0 Å². The maximum atomic E-state index is 10.2. The predicted molar refractivity (Wildman–Crippen MR) is 72.1 cm³/mol. The molecular weight excluding hydrogens is 288 g/mol. The summed E-state index contributed by atoms with van der Waals surface area (Å²) in [6, 6.07) is 3.89. The molecule has 2 N–H and O–H groups in total. The molecule has 2 heterocycles. The molecule has 0 bridgehead atoms. The van der Waals surface area contributed by atoms with Crippen molar-refractivity contribution >= 4 is 33.5 Å². The molecule has 3 nitrogen and oxygen atoms in total. The number of anilines is 1. The van der Waals surface area contributed by atoms with E-state index in [-0.39, 0.29) is 0 Å². The normalized spacial score (nSPS) is 24.7. The van der Waals surface area contributed by atoms with E-state index in [1.807, 2.05) is 19.1 Å². The third kappa shape index (κ3) is 2.90. The van der Waals surface area contributed by atoms with Crippen LogP contribution in [0.2, 0.25) is 0 Å². The van der Waals surface area contributed by atoms with Crippen LogP contribution in [0.15, 0.2) is 16.6 Å². The van der Waals surface area contributed by atoms with Gasteiger partial charge in [-0.25, -0.2) is 4.98 Å². The summed E-state index contributed by atoms with van der Waals surface area (Å²) in [7, 11) is 0. The Balaban J connectivity index is 1.96. The average Bonchev–Trinajstić information content (AvgIpc) is 2.68. The Labute approximate surface area is 108 Å². The summed E-state index contributed by atoms with van der Waals surface area (Å²) < 4.78 is 1.01. The van der Waals surface area contributed by atoms with Crippen LogP contribution in [0.3, 0.4) is 0 Å². The summed E-state index contributed by atoms with van der Waals surface area (Å²) >= 11 is 5.22. The van der Waals surface area contributed by atoms with Crippen molar-refractivity contribution in [2.45, 2.75) is 18.9 Å². The molecule has 1 saturated heterocycles. The second kappa shape index (κ2) is 4.94. The molecule has 2 rings (SSSR count). The molecule has 0 saturated carbocycles. The number of pyridine rings is 1. The minimum Gasteiger partial charge on any atom is -0.387 e. The van der Waals surface area contributed by atoms with Crippen molar-refractivity contribution in [1.29, 1.82) is 0 Å². The SMILES string of the molecule is Cc1nc(NCC2(O)CCSC2)ccc1Br. The highest BCUT2D eigenvalue weighted by Gasteiger charge is 2.31. The number of aryl methyl sites for hydroxylation is 1. The standard InChI is InChI=1S/C11H15BrN2OS/c1-8-9(12)2-3-10(14-8)13-6-11(15)4-5-16-7-11/h2-3,15H,4-7H2,1H3,(H,13,14). The summed E-state index contributed by atoms with van der Waals surface area (Å²) in [6.07, 6.45) is 0.861. The van der Waals surface area contributed by atoms with Gasteiger partial charge in [0, 0.05) is 16.8 Å². The van der Waals surface area contributed by atoms with Crippen LogP contribution in [0.5, 0.6) is 0 Å². The van der Waals surface area contributed by atoms with Gasteiger partial charge in [-0.15, -0.1) is 0 Å². The summed E-state index contributed by atoms with van der Waals surface area (Å²) in [5.41, 5.74) is 0.394. The molecule has 0 radical (unpaired) electrons. The van der Waals surface area contributed by atoms with Crippen molar-refractivity contribution in [3.63, 3.8) is 0 Å². The average molecular weight is 303 g/mol. The van der Waals surface area contributed by atoms with Crippen LogP contribution < -0.4 is 5.32 Å². The second-order valence-electron chi connectivity index (χ2n) is 4.14. The Morgan fingerprint density at radius 2 is 2.44 bits per heavy atom. The van der Waals surface area contributed by atoms with Gasteiger partial charge in [0.1, 0.15) is 5.82 Å². The Morgan fingerprint density at radius 1 is 1.62 bits per heavy atom. The van der Waals surface area contributed by atoms with Crippen molar-refractivity contribution in [1.82, 2.24) is 4.98 Å². The number of nitrogens with one attached hydrogen (secondary N) is 1. The van der Waals surface area contributed by atoms with Gasteiger partial charge in [0.25, 0.3) is 0 Å². The first-order valence-corrected chi connectivity index (χ1v) is 7.21. The lowest BCUT2D eigenvalue weighted by Crippen LogP contribution is -2.36. The van der Waals surface area contributed by atoms with Crippen LogP contribution in [0.25, 0.3) is 0 Å². The molecule has 16 heavy (non-hydrogen) atoms. The topological polar surface area (TPSA) is 45.2 Å². The summed E-state index contributed by atoms with van der Waals surface area (Å²) in [4.78, 5) is 4.39. The van der Waals surface area contributed by atoms with Crippen LogP contribution in [-0.4, -0.2) is 33.7 Å². The van der Waals surface area contributed by atoms with E-state index in [0.29, 0.717) is 6.54 Å². The molecule has 0 aromatic carbocycles. The van der Waals surface area contributed by atoms with Crippen molar-refractivity contribution in [3.05, 3.63) is 22.3 Å². The van der Waals surface area contributed by atoms with E-state index >= 15 is 0 Å². The third-order valence-corrected chi connectivity index (χ3v) is 4.77. The largest absolute Gasteiger partial charge is 0.387 e. The molecule has 1 atom stereocenters. The minimum atomic E-state index is -0.562. The van der Waals surface area contributed by atoms with Crippen molar-refractivity contribution < 1.29 is 5.11 Å². The zero-order valence-corrected chi connectivity index (χ0v) is 11.6. The van der Waals surface area contributed by atoms with Gasteiger partial charge >= 0.3 is 0 Å². The van der Waals surface area contributed by atoms with E-state index in [9.17, 15) is 5.11 Å². The molecule has 0 spiro atoms. The zero-order chi connectivity index (χ0) is 11.6. The first kappa shape index (κ1) is 12.2. The van der Waals surface area contributed by atoms with E-state index in [1.54, 1.807) is 11.8 Å². The molecule has 0 amide bonds. The van der Waals surface area contributed by atoms with Gasteiger partial charge in [-0.05, 0) is 47.2 Å². The number of thioether (sulfide) groups is 1. The van der Waals surface area contributed by atoms with E-state index in [4.69, 9.17) is 0 Å². The highest BCUT2D eigenvalue weighted by Crippen LogP contribution is 2.28. The van der Waals surface area contributed by atoms with Gasteiger partial charge in [-0.2, -0.15) is 11.8 Å². The molecule has 1 aromatic rings. The van der Waals surface area contributed by atoms with Crippen LogP contribution >= 0.6 is 27.7 Å². The zero-order valence-electron chi connectivity index (χ0n) is 9.16. The number of aromatic nitrogens is 1. The second-order valence-corrected chi connectivity index (χ2v) is 6.10. The highest BCUT2D eigenvalue weighted by molar-refractivity contribution is 9.10. The molecule has 1 aliphatic heterocycles. The summed E-state index contributed by atoms with van der Waals surface area (Å²) in [6.45, 7) is 2.53. The lowest BCUT2D eigenvalue weighted by molar-refractivity contribution is 0.0819. The van der Waals surface area contributed by atoms with Gasteiger partial charge in [0.05, 0.1) is 11.3 Å². The smallest absolute Gasteiger partial charge is 0.126 e. The predicted octanol–water partition coefficient (Wildman–Crippen LogP) is 2.43. The Bertz CT molecular complexity index is 380. The Hall–Kier alpha value is -0.260. The molecule has 88 valence electrons. The van der Waals surface area contributed by atoms with E-state index in [2.05, 4.69) is 26.2 Å². The molecular formula is C11H15BrN2OS. The summed E-state index contributed by atoms with van der Waals surface area (Å²) in [5.74, 6) is 2.69. The van der Waals surface area contributed by atoms with Gasteiger partial charge in [-0.3, -0.25) is 0 Å². The number of halogens is 1. The van der Waals surface area contributed by atoms with E-state index in [0.717, 1.165) is 33.9 Å². The molecule has 0 aliphatic carbocycles. The van der Waals surface area contributed by atoms with Crippen LogP contribution in [0.4, 0.5) is 5.82 Å². The maximum absolute atomic E-state index is 10.2. The summed E-state index contributed by atoms with van der Waals surface area (Å²) in [5, 5.41) is 13.4. The highest BCUT2D eigenvalue weighted by atomic mass is 79.9. The Morgan fingerprint density at radius 3 is 3.06 bits per heavy atom. The van der Waals surface area contributed by atoms with E-state index < -0.39 is 5.60 Å². The molecule has 5 heteroatoms. The molecule has 1 aliphatic rings. The molecule has 1 fully saturated rings. The number of hydrogen-bond donors (Lipinski definition) is 2. The fourth-order valence-electron chi connectivity index (χ4n) is 1.63. The number of hydrogen-bond acceptors (Lipinski definition) is 4. The molecule has 1 aromatic heterocycles. The third-order valence-electron chi connectivity index (χ3n) is 2.70. The van der Waals surface area contributed by atoms with Crippen LogP contribution in [-0.2, 0) is 0 Å². The number of nitrogens with zero attached hydrogens (tertiary/aromatic N) is 1. The molecule has 1 unspecified atom stereocenters. The fourth-order valence-corrected chi connectivity index (χ4v) is 3.15. The minimum absolute atomic E-state index is 0.562. The van der Waals surface area contributed by atoms with Crippen molar-refractivity contribution in [2.75, 3.05) is 23.4 Å². The van der Waals surface area contributed by atoms with E-state index in [1.165, 1.54) is 0 Å². The maximum Gasteiger partial charge on any atom is 0.126 e. The van der Waals surface area contributed by atoms with Crippen molar-refractivity contribution in [3.8, 4) is 0 Å². The van der Waals surface area contributed by atoms with Crippen LogP contribution in [0.1, 0.15) is 12.1 Å². The lowest BCUT2D eigenvalue weighted by atomic mass is 10.0. The number of rotatable bonds is 3. The van der Waals surface area contributed by atoms with Crippen molar-refractivity contribution in [2.24, 2.45) is 0 Å². The first-order chi connectivity index (χ1) is 7.59. The number of aliphatic hydroxyl groups is 1. The monoisotopic (exact) mass is 302 g/mol. The van der Waals surface area contributed by atoms with Crippen LogP contribution in [0, 0.1) is 6.92 Å². The fraction of sp³-hybridized carbons (Fsp3) is 0.545. The quantitative estimate of drug-likeness (QED) is 0.900. The van der Waals surface area contributed by atoms with Gasteiger partial charge < -0.3 is 10.4 Å². The van der Waals surface area contributed by atoms with Gasteiger partial charge in [0.2, 0.25) is 0 Å². The first-order valence-electron chi connectivity index (χ1n) is 5.26.